The summed E-state index contributed by atoms with van der Waals surface area (Å²) in [5, 5.41) is 0. The SMILES string of the molecule is CC1(C)c2ccccc2-c2ccc(N(C3=CC=C(c4ccc(-c5ccccc5)cc4)CC3)c3ccc4c(c3)C(c3ccccc3)(c3ccccc3)c3ccccc3-4)cc21. The summed E-state index contributed by atoms with van der Waals surface area (Å²) in [7, 11) is 0. The molecule has 0 N–H and O–H groups in total. The maximum absolute atomic E-state index is 2.55. The number of anilines is 2. The quantitative estimate of drug-likeness (QED) is 0.157. The standard InChI is InChI=1S/C58H45N/c1-57(2)53-24-14-12-22-49(53)51-36-34-47(38-55(51)57)59(46-32-30-43(31-33-46)42-28-26-41(27-29-42)40-16-6-3-7-17-40)48-35-37-52-50-23-13-15-25-54(50)58(56(52)39-48,44-18-8-4-9-19-44)45-20-10-5-11-21-45/h3-30,32,34-39H,31,33H2,1-2H3. The van der Waals surface area contributed by atoms with E-state index in [1.54, 1.807) is 0 Å². The van der Waals surface area contributed by atoms with Crippen molar-refractivity contribution >= 4 is 16.9 Å². The zero-order chi connectivity index (χ0) is 39.6. The Balaban J connectivity index is 1.09. The second-order valence-corrected chi connectivity index (χ2v) is 16.8. The molecular weight excluding hydrogens is 711 g/mol. The van der Waals surface area contributed by atoms with E-state index in [2.05, 4.69) is 231 Å². The number of rotatable bonds is 7. The highest BCUT2D eigenvalue weighted by Crippen LogP contribution is 2.57. The van der Waals surface area contributed by atoms with Crippen molar-refractivity contribution in [1.29, 1.82) is 0 Å². The van der Waals surface area contributed by atoms with E-state index in [0.29, 0.717) is 0 Å². The van der Waals surface area contributed by atoms with Gasteiger partial charge in [-0.2, -0.15) is 0 Å². The number of fused-ring (bicyclic) bond motifs is 6. The highest BCUT2D eigenvalue weighted by Gasteiger charge is 2.46. The molecule has 8 aromatic carbocycles. The minimum atomic E-state index is -0.475. The van der Waals surface area contributed by atoms with E-state index < -0.39 is 5.41 Å². The van der Waals surface area contributed by atoms with Crippen molar-refractivity contribution in [1.82, 2.24) is 0 Å². The van der Waals surface area contributed by atoms with Crippen LogP contribution < -0.4 is 4.90 Å². The van der Waals surface area contributed by atoms with Crippen molar-refractivity contribution in [3.05, 3.63) is 257 Å². The molecule has 0 amide bonds. The van der Waals surface area contributed by atoms with Crippen LogP contribution in [-0.4, -0.2) is 0 Å². The highest BCUT2D eigenvalue weighted by atomic mass is 15.1. The van der Waals surface area contributed by atoms with E-state index in [-0.39, 0.29) is 5.41 Å². The Labute approximate surface area is 348 Å². The molecule has 0 heterocycles. The average Bonchev–Trinajstić information content (AvgIpc) is 3.73. The summed E-state index contributed by atoms with van der Waals surface area (Å²) in [5.74, 6) is 0. The van der Waals surface area contributed by atoms with Gasteiger partial charge in [-0.3, -0.25) is 0 Å². The Morgan fingerprint density at radius 1 is 0.373 bits per heavy atom. The van der Waals surface area contributed by atoms with Crippen molar-refractivity contribution in [2.24, 2.45) is 0 Å². The van der Waals surface area contributed by atoms with Crippen molar-refractivity contribution in [2.75, 3.05) is 4.90 Å². The lowest BCUT2D eigenvalue weighted by atomic mass is 9.67. The van der Waals surface area contributed by atoms with Gasteiger partial charge in [0, 0.05) is 22.5 Å². The Morgan fingerprint density at radius 2 is 0.847 bits per heavy atom. The first-order chi connectivity index (χ1) is 29.0. The third kappa shape index (κ3) is 5.53. The Morgan fingerprint density at radius 3 is 1.46 bits per heavy atom. The predicted octanol–water partition coefficient (Wildman–Crippen LogP) is 14.9. The molecule has 3 aliphatic rings. The van der Waals surface area contributed by atoms with Gasteiger partial charge in [0.2, 0.25) is 0 Å². The van der Waals surface area contributed by atoms with Crippen LogP contribution in [0.25, 0.3) is 39.0 Å². The number of hydrogen-bond acceptors (Lipinski definition) is 1. The van der Waals surface area contributed by atoms with Crippen molar-refractivity contribution in [3.8, 4) is 33.4 Å². The van der Waals surface area contributed by atoms with Crippen LogP contribution >= 0.6 is 0 Å². The first kappa shape index (κ1) is 35.2. The molecule has 0 saturated carbocycles. The molecular formula is C58H45N. The summed E-state index contributed by atoms with van der Waals surface area (Å²) in [6.45, 7) is 4.76. The molecule has 0 saturated heterocycles. The number of hydrogen-bond donors (Lipinski definition) is 0. The third-order valence-corrected chi connectivity index (χ3v) is 13.3. The van der Waals surface area contributed by atoms with Crippen molar-refractivity contribution in [2.45, 2.75) is 37.5 Å². The molecule has 1 nitrogen and oxygen atoms in total. The van der Waals surface area contributed by atoms with Crippen molar-refractivity contribution in [3.63, 3.8) is 0 Å². The van der Waals surface area contributed by atoms with Gasteiger partial charge in [0.1, 0.15) is 0 Å². The lowest BCUT2D eigenvalue weighted by molar-refractivity contribution is 0.660. The zero-order valence-corrected chi connectivity index (χ0v) is 33.6. The molecule has 3 aliphatic carbocycles. The van der Waals surface area contributed by atoms with Gasteiger partial charge in [-0.05, 0) is 121 Å². The van der Waals surface area contributed by atoms with Crippen LogP contribution in [0.4, 0.5) is 11.4 Å². The Kier molecular flexibility index (Phi) is 8.27. The highest BCUT2D eigenvalue weighted by molar-refractivity contribution is 5.90. The summed E-state index contributed by atoms with van der Waals surface area (Å²) in [6.07, 6.45) is 6.62. The summed E-state index contributed by atoms with van der Waals surface area (Å²) >= 11 is 0. The van der Waals surface area contributed by atoms with Crippen LogP contribution in [0.2, 0.25) is 0 Å². The van der Waals surface area contributed by atoms with Crippen molar-refractivity contribution < 1.29 is 0 Å². The number of allylic oxidation sites excluding steroid dienone is 4. The molecule has 0 aromatic heterocycles. The summed E-state index contributed by atoms with van der Waals surface area (Å²) in [5.41, 5.74) is 21.5. The fourth-order valence-corrected chi connectivity index (χ4v) is 10.4. The number of benzene rings is 8. The van der Waals surface area contributed by atoms with Gasteiger partial charge in [0.25, 0.3) is 0 Å². The van der Waals surface area contributed by atoms with Crippen LogP contribution in [0.15, 0.2) is 218 Å². The molecule has 0 spiro atoms. The summed E-state index contributed by atoms with van der Waals surface area (Å²) < 4.78 is 0. The molecule has 8 aromatic rings. The molecule has 0 bridgehead atoms. The molecule has 0 unspecified atom stereocenters. The average molecular weight is 756 g/mol. The van der Waals surface area contributed by atoms with Gasteiger partial charge >= 0.3 is 0 Å². The van der Waals surface area contributed by atoms with E-state index in [1.165, 1.54) is 95.0 Å². The monoisotopic (exact) mass is 755 g/mol. The molecule has 0 aliphatic heterocycles. The van der Waals surface area contributed by atoms with Gasteiger partial charge in [-0.15, -0.1) is 0 Å². The first-order valence-corrected chi connectivity index (χ1v) is 21.0. The van der Waals surface area contributed by atoms with Crippen LogP contribution in [0.3, 0.4) is 0 Å². The predicted molar refractivity (Wildman–Crippen MR) is 247 cm³/mol. The van der Waals surface area contributed by atoms with Gasteiger partial charge < -0.3 is 4.90 Å². The number of nitrogens with zero attached hydrogens (tertiary/aromatic N) is 1. The second kappa shape index (κ2) is 13.9. The van der Waals surface area contributed by atoms with E-state index in [9.17, 15) is 0 Å². The lowest BCUT2D eigenvalue weighted by Gasteiger charge is -2.35. The molecule has 11 rings (SSSR count). The lowest BCUT2D eigenvalue weighted by Crippen LogP contribution is -2.29. The Hall–Kier alpha value is -6.96. The summed E-state index contributed by atoms with van der Waals surface area (Å²) in [6, 6.07) is 74.4. The fourth-order valence-electron chi connectivity index (χ4n) is 10.4. The zero-order valence-electron chi connectivity index (χ0n) is 33.6. The maximum Gasteiger partial charge on any atom is 0.0714 e. The summed E-state index contributed by atoms with van der Waals surface area (Å²) in [4.78, 5) is 2.55. The third-order valence-electron chi connectivity index (χ3n) is 13.3. The molecule has 0 radical (unpaired) electrons. The Bertz CT molecular complexity index is 2890. The molecule has 0 atom stereocenters. The molecule has 282 valence electrons. The van der Waals surface area contributed by atoms with Gasteiger partial charge in [0.05, 0.1) is 5.41 Å². The molecule has 0 fully saturated rings. The smallest absolute Gasteiger partial charge is 0.0714 e. The van der Waals surface area contributed by atoms with E-state index in [4.69, 9.17) is 0 Å². The van der Waals surface area contributed by atoms with Gasteiger partial charge in [-0.1, -0.05) is 196 Å². The molecule has 1 heteroatoms. The topological polar surface area (TPSA) is 3.24 Å². The first-order valence-electron chi connectivity index (χ1n) is 21.0. The van der Waals surface area contributed by atoms with E-state index in [1.807, 2.05) is 0 Å². The minimum Gasteiger partial charge on any atom is -0.314 e. The fraction of sp³-hybridized carbons (Fsp3) is 0.103. The van der Waals surface area contributed by atoms with Crippen LogP contribution in [-0.2, 0) is 10.8 Å². The van der Waals surface area contributed by atoms with E-state index >= 15 is 0 Å². The van der Waals surface area contributed by atoms with E-state index in [0.717, 1.165) is 12.8 Å². The largest absolute Gasteiger partial charge is 0.314 e. The van der Waals surface area contributed by atoms with Crippen LogP contribution in [0, 0.1) is 0 Å². The van der Waals surface area contributed by atoms with Crippen LogP contribution in [0.5, 0.6) is 0 Å². The maximum atomic E-state index is 2.55. The second-order valence-electron chi connectivity index (χ2n) is 16.8. The normalized spacial score (nSPS) is 15.3. The van der Waals surface area contributed by atoms with Gasteiger partial charge in [-0.25, -0.2) is 0 Å². The van der Waals surface area contributed by atoms with Gasteiger partial charge in [0.15, 0.2) is 0 Å². The minimum absolute atomic E-state index is 0.108. The molecule has 59 heavy (non-hydrogen) atoms. The van der Waals surface area contributed by atoms with Crippen LogP contribution in [0.1, 0.15) is 65.6 Å².